The van der Waals surface area contributed by atoms with Gasteiger partial charge in [0.15, 0.2) is 10.6 Å². The second-order valence-electron chi connectivity index (χ2n) is 2.51. The summed E-state index contributed by atoms with van der Waals surface area (Å²) in [6.45, 7) is 3.67. The number of nitrogens with one attached hydrogen (secondary N) is 1. The van der Waals surface area contributed by atoms with Crippen molar-refractivity contribution < 1.29 is 0 Å². The Morgan fingerprint density at radius 2 is 2.15 bits per heavy atom. The van der Waals surface area contributed by atoms with Crippen molar-refractivity contribution in [2.24, 2.45) is 10.2 Å². The zero-order chi connectivity index (χ0) is 9.84. The SMILES string of the molecule is CC(C)=N/N=c1\[nH]cc(Cl)nc1Cl. The summed E-state index contributed by atoms with van der Waals surface area (Å²) in [5.74, 6) is 0. The third kappa shape index (κ3) is 3.16. The first kappa shape index (κ1) is 10.2. The van der Waals surface area contributed by atoms with Gasteiger partial charge in [-0.1, -0.05) is 23.2 Å². The van der Waals surface area contributed by atoms with Crippen LogP contribution in [-0.4, -0.2) is 15.7 Å². The summed E-state index contributed by atoms with van der Waals surface area (Å²) >= 11 is 11.3. The minimum absolute atomic E-state index is 0.206. The molecular formula is C7H8Cl2N4. The third-order valence-electron chi connectivity index (χ3n) is 1.08. The van der Waals surface area contributed by atoms with Gasteiger partial charge in [0.1, 0.15) is 5.15 Å². The summed E-state index contributed by atoms with van der Waals surface area (Å²) in [5.41, 5.74) is 1.23. The molecule has 1 rings (SSSR count). The summed E-state index contributed by atoms with van der Waals surface area (Å²) in [5, 5.41) is 8.15. The number of halogens is 2. The lowest BCUT2D eigenvalue weighted by atomic mass is 10.5. The van der Waals surface area contributed by atoms with Crippen LogP contribution in [0.25, 0.3) is 0 Å². The van der Waals surface area contributed by atoms with Crippen LogP contribution in [0, 0.1) is 0 Å². The van der Waals surface area contributed by atoms with Crippen molar-refractivity contribution >= 4 is 28.9 Å². The first-order valence-corrected chi connectivity index (χ1v) is 4.31. The van der Waals surface area contributed by atoms with E-state index >= 15 is 0 Å². The number of aromatic nitrogens is 2. The molecule has 0 fully saturated rings. The zero-order valence-electron chi connectivity index (χ0n) is 7.17. The van der Waals surface area contributed by atoms with Gasteiger partial charge >= 0.3 is 0 Å². The van der Waals surface area contributed by atoms with E-state index in [0.29, 0.717) is 10.6 Å². The van der Waals surface area contributed by atoms with E-state index in [2.05, 4.69) is 20.2 Å². The highest BCUT2D eigenvalue weighted by molar-refractivity contribution is 6.32. The van der Waals surface area contributed by atoms with Crippen LogP contribution in [0.15, 0.2) is 16.4 Å². The maximum atomic E-state index is 5.72. The van der Waals surface area contributed by atoms with Crippen molar-refractivity contribution in [3.63, 3.8) is 0 Å². The fourth-order valence-electron chi connectivity index (χ4n) is 0.587. The minimum atomic E-state index is 0.206. The smallest absolute Gasteiger partial charge is 0.190 e. The maximum absolute atomic E-state index is 5.72. The molecule has 0 amide bonds. The van der Waals surface area contributed by atoms with Crippen LogP contribution >= 0.6 is 23.2 Å². The van der Waals surface area contributed by atoms with Gasteiger partial charge in [-0.3, -0.25) is 0 Å². The average Bonchev–Trinajstić information content (AvgIpc) is 2.02. The van der Waals surface area contributed by atoms with Gasteiger partial charge in [0.2, 0.25) is 0 Å². The van der Waals surface area contributed by atoms with Crippen molar-refractivity contribution in [1.29, 1.82) is 0 Å². The second-order valence-corrected chi connectivity index (χ2v) is 3.26. The molecule has 0 aliphatic carbocycles. The van der Waals surface area contributed by atoms with Gasteiger partial charge in [-0.05, 0) is 13.8 Å². The van der Waals surface area contributed by atoms with Crippen LogP contribution < -0.4 is 5.49 Å². The summed E-state index contributed by atoms with van der Waals surface area (Å²) in [7, 11) is 0. The van der Waals surface area contributed by atoms with E-state index in [1.165, 1.54) is 6.20 Å². The van der Waals surface area contributed by atoms with Crippen LogP contribution in [0.2, 0.25) is 10.3 Å². The molecule has 0 aromatic carbocycles. The Kier molecular flexibility index (Phi) is 3.45. The predicted molar refractivity (Wildman–Crippen MR) is 53.0 cm³/mol. The van der Waals surface area contributed by atoms with E-state index in [-0.39, 0.29) is 5.15 Å². The first-order chi connectivity index (χ1) is 6.09. The quantitative estimate of drug-likeness (QED) is 0.570. The molecule has 0 saturated carbocycles. The highest BCUT2D eigenvalue weighted by Gasteiger charge is 1.95. The molecule has 0 aliphatic rings. The number of H-pyrrole nitrogens is 1. The molecule has 1 aromatic heterocycles. The van der Waals surface area contributed by atoms with Crippen molar-refractivity contribution in [2.45, 2.75) is 13.8 Å². The molecule has 0 atom stereocenters. The molecule has 1 N–H and O–H groups in total. The second kappa shape index (κ2) is 4.39. The fraction of sp³-hybridized carbons (Fsp3) is 0.286. The molecule has 13 heavy (non-hydrogen) atoms. The van der Waals surface area contributed by atoms with Crippen molar-refractivity contribution in [1.82, 2.24) is 9.97 Å². The molecule has 6 heteroatoms. The Balaban J connectivity index is 3.16. The molecule has 0 saturated heterocycles. The number of hydrogen-bond donors (Lipinski definition) is 1. The Labute approximate surface area is 85.3 Å². The van der Waals surface area contributed by atoms with E-state index in [0.717, 1.165) is 5.71 Å². The van der Waals surface area contributed by atoms with Crippen molar-refractivity contribution in [3.8, 4) is 0 Å². The normalized spacial score (nSPS) is 11.5. The summed E-state index contributed by atoms with van der Waals surface area (Å²) in [6.07, 6.45) is 1.49. The van der Waals surface area contributed by atoms with Crippen LogP contribution in [0.4, 0.5) is 0 Å². The van der Waals surface area contributed by atoms with Gasteiger partial charge in [0, 0.05) is 11.9 Å². The van der Waals surface area contributed by atoms with Crippen molar-refractivity contribution in [3.05, 3.63) is 22.0 Å². The van der Waals surface area contributed by atoms with Crippen LogP contribution in [0.3, 0.4) is 0 Å². The molecule has 1 heterocycles. The topological polar surface area (TPSA) is 53.4 Å². The van der Waals surface area contributed by atoms with Gasteiger partial charge in [-0.25, -0.2) is 4.98 Å². The highest BCUT2D eigenvalue weighted by Crippen LogP contribution is 2.02. The van der Waals surface area contributed by atoms with Gasteiger partial charge in [-0.2, -0.15) is 5.10 Å². The number of nitrogens with zero attached hydrogens (tertiary/aromatic N) is 3. The van der Waals surface area contributed by atoms with Crippen LogP contribution in [0.5, 0.6) is 0 Å². The Bertz CT molecular complexity index is 390. The standard InChI is InChI=1S/C7H8Cl2N4/c1-4(2)12-13-7-6(9)11-5(8)3-10-7/h3H,1-2H3,(H,10,13). The molecule has 0 spiro atoms. The monoisotopic (exact) mass is 218 g/mol. The van der Waals surface area contributed by atoms with E-state index < -0.39 is 0 Å². The Hall–Kier alpha value is -0.870. The number of hydrogen-bond acceptors (Lipinski definition) is 3. The lowest BCUT2D eigenvalue weighted by Gasteiger charge is -1.91. The van der Waals surface area contributed by atoms with E-state index in [1.807, 2.05) is 13.8 Å². The summed E-state index contributed by atoms with van der Waals surface area (Å²) in [6, 6.07) is 0. The average molecular weight is 219 g/mol. The largest absolute Gasteiger partial charge is 0.340 e. The van der Waals surface area contributed by atoms with Crippen LogP contribution in [0.1, 0.15) is 13.8 Å². The zero-order valence-corrected chi connectivity index (χ0v) is 8.69. The van der Waals surface area contributed by atoms with Gasteiger partial charge in [-0.15, -0.1) is 5.10 Å². The van der Waals surface area contributed by atoms with E-state index in [4.69, 9.17) is 23.2 Å². The Morgan fingerprint density at radius 3 is 2.69 bits per heavy atom. The molecule has 0 bridgehead atoms. The van der Waals surface area contributed by atoms with Crippen LogP contribution in [-0.2, 0) is 0 Å². The van der Waals surface area contributed by atoms with Gasteiger partial charge < -0.3 is 4.98 Å². The molecule has 1 aromatic rings. The van der Waals surface area contributed by atoms with Gasteiger partial charge in [0.25, 0.3) is 0 Å². The highest BCUT2D eigenvalue weighted by atomic mass is 35.5. The Morgan fingerprint density at radius 1 is 1.46 bits per heavy atom. The number of aromatic amines is 1. The maximum Gasteiger partial charge on any atom is 0.190 e. The number of rotatable bonds is 1. The third-order valence-corrected chi connectivity index (χ3v) is 1.54. The molecule has 0 unspecified atom stereocenters. The first-order valence-electron chi connectivity index (χ1n) is 3.55. The molecule has 0 aliphatic heterocycles. The molecular weight excluding hydrogens is 211 g/mol. The van der Waals surface area contributed by atoms with E-state index in [9.17, 15) is 0 Å². The molecule has 0 radical (unpaired) electrons. The predicted octanol–water partition coefficient (Wildman–Crippen LogP) is 2.01. The lowest BCUT2D eigenvalue weighted by molar-refractivity contribution is 1.01. The fourth-order valence-corrected chi connectivity index (χ4v) is 0.952. The summed E-state index contributed by atoms with van der Waals surface area (Å²) < 4.78 is 0. The summed E-state index contributed by atoms with van der Waals surface area (Å²) in [4.78, 5) is 6.55. The van der Waals surface area contributed by atoms with Gasteiger partial charge in [0.05, 0.1) is 0 Å². The molecule has 4 nitrogen and oxygen atoms in total. The van der Waals surface area contributed by atoms with E-state index in [1.54, 1.807) is 0 Å². The van der Waals surface area contributed by atoms with Crippen molar-refractivity contribution in [2.75, 3.05) is 0 Å². The molecule has 70 valence electrons. The minimum Gasteiger partial charge on any atom is -0.340 e. The lowest BCUT2D eigenvalue weighted by Crippen LogP contribution is -2.09.